The van der Waals surface area contributed by atoms with Gasteiger partial charge in [-0.3, -0.25) is 0 Å². The van der Waals surface area contributed by atoms with Crippen LogP contribution in [0, 0.1) is 18.6 Å². The number of aromatic nitrogens is 2. The molecule has 0 aliphatic rings. The predicted octanol–water partition coefficient (Wildman–Crippen LogP) is 5.20. The van der Waals surface area contributed by atoms with E-state index in [0.29, 0.717) is 22.5 Å². The summed E-state index contributed by atoms with van der Waals surface area (Å²) >= 11 is 5.86. The summed E-state index contributed by atoms with van der Waals surface area (Å²) < 4.78 is 26.7. The molecule has 3 aromatic rings. The summed E-state index contributed by atoms with van der Waals surface area (Å²) in [6.07, 6.45) is 0. The highest BCUT2D eigenvalue weighted by Gasteiger charge is 2.07. The molecular formula is C17H13ClF2N4. The number of hydrogen-bond acceptors (Lipinski definition) is 4. The van der Waals surface area contributed by atoms with Gasteiger partial charge in [0.15, 0.2) is 0 Å². The number of rotatable bonds is 4. The van der Waals surface area contributed by atoms with E-state index in [-0.39, 0.29) is 5.69 Å². The second kappa shape index (κ2) is 6.80. The standard InChI is InChI=1S/C17H13ClF2N4/c1-10-21-16(23-13-5-2-11(18)3-6-13)9-17(22-10)24-15-7-4-12(19)8-14(15)20/h2-9H,1H3,(H2,21,22,23,24). The fourth-order valence-corrected chi connectivity index (χ4v) is 2.23. The average molecular weight is 347 g/mol. The summed E-state index contributed by atoms with van der Waals surface area (Å²) in [4.78, 5) is 8.49. The smallest absolute Gasteiger partial charge is 0.149 e. The molecule has 0 unspecified atom stereocenters. The van der Waals surface area contributed by atoms with Gasteiger partial charge < -0.3 is 10.6 Å². The van der Waals surface area contributed by atoms with Crippen LogP contribution >= 0.6 is 11.6 Å². The van der Waals surface area contributed by atoms with Crippen molar-refractivity contribution in [3.63, 3.8) is 0 Å². The monoisotopic (exact) mass is 346 g/mol. The number of hydrogen-bond donors (Lipinski definition) is 2. The molecule has 0 fully saturated rings. The Morgan fingerprint density at radius 3 is 2.21 bits per heavy atom. The Kier molecular flexibility index (Phi) is 4.57. The first-order chi connectivity index (χ1) is 11.5. The molecule has 0 saturated carbocycles. The lowest BCUT2D eigenvalue weighted by Crippen LogP contribution is -2.02. The zero-order chi connectivity index (χ0) is 17.1. The van der Waals surface area contributed by atoms with E-state index in [1.807, 2.05) is 12.1 Å². The van der Waals surface area contributed by atoms with Crippen molar-refractivity contribution in [3.8, 4) is 0 Å². The Morgan fingerprint density at radius 2 is 1.54 bits per heavy atom. The Hall–Kier alpha value is -2.73. The minimum atomic E-state index is -0.696. The molecule has 0 aliphatic carbocycles. The molecule has 3 rings (SSSR count). The molecule has 0 bridgehead atoms. The molecule has 0 spiro atoms. The Labute approximate surface area is 142 Å². The van der Waals surface area contributed by atoms with Crippen LogP contribution in [0.1, 0.15) is 5.82 Å². The zero-order valence-corrected chi connectivity index (χ0v) is 13.4. The molecule has 2 aromatic carbocycles. The highest BCUT2D eigenvalue weighted by atomic mass is 35.5. The van der Waals surface area contributed by atoms with Crippen molar-refractivity contribution < 1.29 is 8.78 Å². The lowest BCUT2D eigenvalue weighted by Gasteiger charge is -2.11. The van der Waals surface area contributed by atoms with E-state index in [1.165, 1.54) is 12.1 Å². The first-order valence-electron chi connectivity index (χ1n) is 7.10. The minimum Gasteiger partial charge on any atom is -0.340 e. The van der Waals surface area contributed by atoms with Crippen LogP contribution in [0.3, 0.4) is 0 Å². The fraction of sp³-hybridized carbons (Fsp3) is 0.0588. The molecule has 2 N–H and O–H groups in total. The van der Waals surface area contributed by atoms with Gasteiger partial charge in [-0.1, -0.05) is 11.6 Å². The third kappa shape index (κ3) is 3.97. The largest absolute Gasteiger partial charge is 0.340 e. The Bertz CT molecular complexity index is 869. The van der Waals surface area contributed by atoms with Crippen LogP contribution in [-0.2, 0) is 0 Å². The van der Waals surface area contributed by atoms with E-state index in [4.69, 9.17) is 11.6 Å². The van der Waals surface area contributed by atoms with Gasteiger partial charge >= 0.3 is 0 Å². The molecule has 4 nitrogen and oxygen atoms in total. The van der Waals surface area contributed by atoms with Gasteiger partial charge in [0.25, 0.3) is 0 Å². The van der Waals surface area contributed by atoms with Crippen LogP contribution < -0.4 is 10.6 Å². The third-order valence-electron chi connectivity index (χ3n) is 3.15. The summed E-state index contributed by atoms with van der Waals surface area (Å²) in [6.45, 7) is 1.72. The van der Waals surface area contributed by atoms with Gasteiger partial charge in [0.1, 0.15) is 29.1 Å². The van der Waals surface area contributed by atoms with E-state index in [1.54, 1.807) is 25.1 Å². The number of anilines is 4. The third-order valence-corrected chi connectivity index (χ3v) is 3.40. The molecule has 0 aliphatic heterocycles. The van der Waals surface area contributed by atoms with E-state index in [0.717, 1.165) is 11.8 Å². The van der Waals surface area contributed by atoms with Crippen molar-refractivity contribution in [2.24, 2.45) is 0 Å². The van der Waals surface area contributed by atoms with Gasteiger partial charge in [-0.15, -0.1) is 0 Å². The Morgan fingerprint density at radius 1 is 0.875 bits per heavy atom. The van der Waals surface area contributed by atoms with Crippen LogP contribution in [0.15, 0.2) is 48.5 Å². The van der Waals surface area contributed by atoms with Crippen molar-refractivity contribution in [3.05, 3.63) is 71.0 Å². The van der Waals surface area contributed by atoms with E-state index < -0.39 is 11.6 Å². The average Bonchev–Trinajstić information content (AvgIpc) is 2.52. The van der Waals surface area contributed by atoms with Gasteiger partial charge in [-0.2, -0.15) is 0 Å². The maximum Gasteiger partial charge on any atom is 0.149 e. The van der Waals surface area contributed by atoms with Gasteiger partial charge in [0.2, 0.25) is 0 Å². The molecule has 24 heavy (non-hydrogen) atoms. The second-order valence-electron chi connectivity index (χ2n) is 5.07. The van der Waals surface area contributed by atoms with Crippen molar-refractivity contribution in [1.29, 1.82) is 0 Å². The number of nitrogens with one attached hydrogen (secondary N) is 2. The SMILES string of the molecule is Cc1nc(Nc2ccc(Cl)cc2)cc(Nc2ccc(F)cc2F)n1. The topological polar surface area (TPSA) is 49.8 Å². The molecule has 1 aromatic heterocycles. The highest BCUT2D eigenvalue weighted by molar-refractivity contribution is 6.30. The van der Waals surface area contributed by atoms with Gasteiger partial charge in [0.05, 0.1) is 5.69 Å². The van der Waals surface area contributed by atoms with Crippen LogP contribution in [0.4, 0.5) is 31.8 Å². The second-order valence-corrected chi connectivity index (χ2v) is 5.50. The van der Waals surface area contributed by atoms with Gasteiger partial charge in [0, 0.05) is 22.8 Å². The molecule has 0 amide bonds. The van der Waals surface area contributed by atoms with Crippen LogP contribution in [-0.4, -0.2) is 9.97 Å². The number of benzene rings is 2. The first-order valence-corrected chi connectivity index (χ1v) is 7.48. The number of nitrogens with zero attached hydrogens (tertiary/aromatic N) is 2. The maximum atomic E-state index is 13.7. The Balaban J connectivity index is 1.84. The maximum absolute atomic E-state index is 13.7. The summed E-state index contributed by atoms with van der Waals surface area (Å²) in [6, 6.07) is 12.1. The summed E-state index contributed by atoms with van der Waals surface area (Å²) in [5, 5.41) is 6.57. The van der Waals surface area contributed by atoms with Crippen LogP contribution in [0.2, 0.25) is 5.02 Å². The lowest BCUT2D eigenvalue weighted by atomic mass is 10.3. The normalized spacial score (nSPS) is 10.5. The van der Waals surface area contributed by atoms with Crippen molar-refractivity contribution in [1.82, 2.24) is 9.97 Å². The zero-order valence-electron chi connectivity index (χ0n) is 12.6. The van der Waals surface area contributed by atoms with Crippen molar-refractivity contribution in [2.45, 2.75) is 6.92 Å². The molecular weight excluding hydrogens is 334 g/mol. The quantitative estimate of drug-likeness (QED) is 0.681. The van der Waals surface area contributed by atoms with Gasteiger partial charge in [-0.05, 0) is 43.3 Å². The summed E-state index contributed by atoms with van der Waals surface area (Å²) in [7, 11) is 0. The molecule has 0 atom stereocenters. The van der Waals surface area contributed by atoms with E-state index >= 15 is 0 Å². The number of aryl methyl sites for hydroxylation is 1. The fourth-order valence-electron chi connectivity index (χ4n) is 2.11. The first kappa shape index (κ1) is 16.1. The van der Waals surface area contributed by atoms with Crippen molar-refractivity contribution in [2.75, 3.05) is 10.6 Å². The van der Waals surface area contributed by atoms with Crippen LogP contribution in [0.25, 0.3) is 0 Å². The molecule has 122 valence electrons. The van der Waals surface area contributed by atoms with Crippen LogP contribution in [0.5, 0.6) is 0 Å². The number of halogens is 3. The summed E-state index contributed by atoms with van der Waals surface area (Å²) in [5.41, 5.74) is 0.934. The molecule has 7 heteroatoms. The van der Waals surface area contributed by atoms with Crippen molar-refractivity contribution >= 4 is 34.6 Å². The molecule has 1 heterocycles. The van der Waals surface area contributed by atoms with Gasteiger partial charge in [-0.25, -0.2) is 18.7 Å². The molecule has 0 radical (unpaired) electrons. The minimum absolute atomic E-state index is 0.131. The lowest BCUT2D eigenvalue weighted by molar-refractivity contribution is 0.586. The van der Waals surface area contributed by atoms with E-state index in [9.17, 15) is 8.78 Å². The summed E-state index contributed by atoms with van der Waals surface area (Å²) in [5.74, 6) is 0.0961. The highest BCUT2D eigenvalue weighted by Crippen LogP contribution is 2.23. The predicted molar refractivity (Wildman–Crippen MR) is 91.1 cm³/mol. The van der Waals surface area contributed by atoms with E-state index in [2.05, 4.69) is 20.6 Å². The molecule has 0 saturated heterocycles.